The van der Waals surface area contributed by atoms with Crippen LogP contribution in [0.4, 0.5) is 0 Å². The van der Waals surface area contributed by atoms with E-state index in [1.165, 1.54) is 4.57 Å². The summed E-state index contributed by atoms with van der Waals surface area (Å²) >= 11 is 1.14. The lowest BCUT2D eigenvalue weighted by Gasteiger charge is -2.14. The number of aromatic nitrogens is 1. The highest BCUT2D eigenvalue weighted by Gasteiger charge is 2.24. The van der Waals surface area contributed by atoms with Gasteiger partial charge in [0.05, 0.1) is 24.4 Å². The SMILES string of the molecule is CCc1ccc(-n2c(=O)/c(=C\c3ccc(OC)cc3OC)s/c2=C(/C#N)C(=O)N2CCCC2)cc1. The van der Waals surface area contributed by atoms with E-state index in [0.717, 1.165) is 36.2 Å². The zero-order valence-electron chi connectivity index (χ0n) is 20.0. The Hall–Kier alpha value is -3.83. The molecule has 0 unspecified atom stereocenters. The molecule has 0 aliphatic carbocycles. The van der Waals surface area contributed by atoms with Crippen molar-refractivity contribution in [1.82, 2.24) is 9.47 Å². The number of amides is 1. The van der Waals surface area contributed by atoms with Crippen molar-refractivity contribution in [2.24, 2.45) is 0 Å². The molecular formula is C27H27N3O4S. The number of ether oxygens (including phenoxy) is 2. The average molecular weight is 490 g/mol. The van der Waals surface area contributed by atoms with Crippen molar-refractivity contribution in [2.45, 2.75) is 26.2 Å². The summed E-state index contributed by atoms with van der Waals surface area (Å²) < 4.78 is 13.0. The quantitative estimate of drug-likeness (QED) is 0.532. The fourth-order valence-corrected chi connectivity index (χ4v) is 5.20. The van der Waals surface area contributed by atoms with Crippen LogP contribution in [0.2, 0.25) is 0 Å². The van der Waals surface area contributed by atoms with Gasteiger partial charge in [0.15, 0.2) is 5.57 Å². The number of nitriles is 1. The van der Waals surface area contributed by atoms with Crippen LogP contribution in [0.25, 0.3) is 17.3 Å². The van der Waals surface area contributed by atoms with Gasteiger partial charge >= 0.3 is 0 Å². The second kappa shape index (κ2) is 10.6. The molecule has 1 aliphatic rings. The van der Waals surface area contributed by atoms with Crippen LogP contribution in [-0.2, 0) is 11.2 Å². The molecule has 1 saturated heterocycles. The zero-order valence-corrected chi connectivity index (χ0v) is 20.9. The predicted molar refractivity (Wildman–Crippen MR) is 136 cm³/mol. The van der Waals surface area contributed by atoms with Gasteiger partial charge in [0.1, 0.15) is 22.2 Å². The summed E-state index contributed by atoms with van der Waals surface area (Å²) in [6, 6.07) is 15.0. The van der Waals surface area contributed by atoms with E-state index < -0.39 is 0 Å². The Morgan fingerprint density at radius 3 is 2.43 bits per heavy atom. The van der Waals surface area contributed by atoms with Gasteiger partial charge in [-0.25, -0.2) is 0 Å². The Morgan fingerprint density at radius 1 is 1.11 bits per heavy atom. The van der Waals surface area contributed by atoms with Crippen LogP contribution in [0.1, 0.15) is 30.9 Å². The summed E-state index contributed by atoms with van der Waals surface area (Å²) in [5.74, 6) is 0.851. The Kier molecular flexibility index (Phi) is 7.37. The number of thiazole rings is 1. The van der Waals surface area contributed by atoms with Crippen molar-refractivity contribution in [3.8, 4) is 23.3 Å². The maximum absolute atomic E-state index is 13.7. The summed E-state index contributed by atoms with van der Waals surface area (Å²) in [7, 11) is 3.12. The number of carbonyl (C=O) groups is 1. The highest BCUT2D eigenvalue weighted by Crippen LogP contribution is 2.25. The number of aryl methyl sites for hydroxylation is 1. The van der Waals surface area contributed by atoms with E-state index >= 15 is 0 Å². The lowest BCUT2D eigenvalue weighted by atomic mass is 10.1. The van der Waals surface area contributed by atoms with Crippen molar-refractivity contribution in [3.05, 3.63) is 73.1 Å². The zero-order chi connectivity index (χ0) is 24.9. The van der Waals surface area contributed by atoms with E-state index in [1.807, 2.05) is 24.3 Å². The minimum Gasteiger partial charge on any atom is -0.497 e. The molecule has 35 heavy (non-hydrogen) atoms. The molecule has 0 saturated carbocycles. The molecule has 4 rings (SSSR count). The van der Waals surface area contributed by atoms with E-state index in [-0.39, 0.29) is 17.0 Å². The maximum atomic E-state index is 13.7. The second-order valence-corrected chi connectivity index (χ2v) is 9.20. The van der Waals surface area contributed by atoms with Crippen LogP contribution < -0.4 is 24.2 Å². The third-order valence-corrected chi connectivity index (χ3v) is 7.18. The molecule has 1 aromatic heterocycles. The number of methoxy groups -OCH3 is 2. The van der Waals surface area contributed by atoms with E-state index in [2.05, 4.69) is 13.0 Å². The van der Waals surface area contributed by atoms with Crippen molar-refractivity contribution in [1.29, 1.82) is 5.26 Å². The minimum absolute atomic E-state index is 0.0186. The smallest absolute Gasteiger partial charge is 0.273 e. The lowest BCUT2D eigenvalue weighted by molar-refractivity contribution is -0.123. The van der Waals surface area contributed by atoms with Gasteiger partial charge in [-0.05, 0) is 55.2 Å². The Bertz CT molecular complexity index is 1460. The Labute approximate surface area is 207 Å². The van der Waals surface area contributed by atoms with E-state index in [4.69, 9.17) is 9.47 Å². The standard InChI is InChI=1S/C27H27N3O4S/c1-4-18-7-10-20(11-8-18)30-26(32)24(15-19-9-12-21(33-2)16-23(19)34-3)35-27(30)22(17-28)25(31)29-13-5-6-14-29/h7-12,15-16H,4-6,13-14H2,1-3H3/b24-15+,27-22-. The fourth-order valence-electron chi connectivity index (χ4n) is 4.11. The molecule has 180 valence electrons. The number of hydrogen-bond donors (Lipinski definition) is 0. The molecule has 0 spiro atoms. The number of likely N-dealkylation sites (tertiary alicyclic amines) is 1. The molecule has 2 aromatic carbocycles. The van der Waals surface area contributed by atoms with Gasteiger partial charge in [0.2, 0.25) is 0 Å². The van der Waals surface area contributed by atoms with Crippen molar-refractivity contribution < 1.29 is 14.3 Å². The van der Waals surface area contributed by atoms with E-state index in [9.17, 15) is 14.9 Å². The van der Waals surface area contributed by atoms with Gasteiger partial charge in [-0.1, -0.05) is 19.1 Å². The number of hydrogen-bond acceptors (Lipinski definition) is 6. The molecule has 2 heterocycles. The largest absolute Gasteiger partial charge is 0.497 e. The highest BCUT2D eigenvalue weighted by atomic mass is 32.1. The van der Waals surface area contributed by atoms with Crippen LogP contribution >= 0.6 is 11.3 Å². The predicted octanol–water partition coefficient (Wildman–Crippen LogP) is 2.60. The van der Waals surface area contributed by atoms with Gasteiger partial charge in [-0.3, -0.25) is 14.2 Å². The molecule has 1 fully saturated rings. The van der Waals surface area contributed by atoms with Crippen molar-refractivity contribution in [2.75, 3.05) is 27.3 Å². The molecule has 0 radical (unpaired) electrons. The van der Waals surface area contributed by atoms with Gasteiger partial charge in [0, 0.05) is 24.7 Å². The summed E-state index contributed by atoms with van der Waals surface area (Å²) in [6.07, 6.45) is 4.42. The summed E-state index contributed by atoms with van der Waals surface area (Å²) in [5, 5.41) is 10.0. The topological polar surface area (TPSA) is 84.6 Å². The molecule has 0 bridgehead atoms. The molecule has 0 atom stereocenters. The first-order chi connectivity index (χ1) is 17.0. The fraction of sp³-hybridized carbons (Fsp3) is 0.296. The lowest BCUT2D eigenvalue weighted by Crippen LogP contribution is -2.35. The highest BCUT2D eigenvalue weighted by molar-refractivity contribution is 7.07. The summed E-state index contributed by atoms with van der Waals surface area (Å²) in [6.45, 7) is 3.29. The van der Waals surface area contributed by atoms with E-state index in [1.54, 1.807) is 43.4 Å². The Balaban J connectivity index is 2.00. The van der Waals surface area contributed by atoms with Gasteiger partial charge < -0.3 is 14.4 Å². The molecule has 7 nitrogen and oxygen atoms in total. The van der Waals surface area contributed by atoms with Gasteiger partial charge in [-0.15, -0.1) is 11.3 Å². The number of benzene rings is 2. The molecule has 8 heteroatoms. The Morgan fingerprint density at radius 2 is 1.83 bits per heavy atom. The third-order valence-electron chi connectivity index (χ3n) is 6.09. The first kappa shape index (κ1) is 24.3. The average Bonchev–Trinajstić information content (AvgIpc) is 3.54. The monoisotopic (exact) mass is 489 g/mol. The van der Waals surface area contributed by atoms with Crippen LogP contribution in [-0.4, -0.2) is 42.7 Å². The first-order valence-corrected chi connectivity index (χ1v) is 12.3. The van der Waals surface area contributed by atoms with Crippen LogP contribution in [0.3, 0.4) is 0 Å². The van der Waals surface area contributed by atoms with E-state index in [0.29, 0.717) is 45.0 Å². The minimum atomic E-state index is -0.334. The maximum Gasteiger partial charge on any atom is 0.273 e. The summed E-state index contributed by atoms with van der Waals surface area (Å²) in [5.41, 5.74) is 2.12. The van der Waals surface area contributed by atoms with Crippen LogP contribution in [0, 0.1) is 11.3 Å². The first-order valence-electron chi connectivity index (χ1n) is 11.5. The van der Waals surface area contributed by atoms with Crippen molar-refractivity contribution >= 4 is 28.9 Å². The van der Waals surface area contributed by atoms with Crippen LogP contribution in [0.15, 0.2) is 47.3 Å². The number of carbonyl (C=O) groups excluding carboxylic acids is 1. The number of rotatable bonds is 6. The number of nitrogens with zero attached hydrogens (tertiary/aromatic N) is 3. The summed E-state index contributed by atoms with van der Waals surface area (Å²) in [4.78, 5) is 28.6. The van der Waals surface area contributed by atoms with Gasteiger partial charge in [-0.2, -0.15) is 5.26 Å². The third kappa shape index (κ3) is 4.86. The van der Waals surface area contributed by atoms with Crippen molar-refractivity contribution in [3.63, 3.8) is 0 Å². The molecule has 0 N–H and O–H groups in total. The normalized spacial score (nSPS) is 14.6. The molecule has 3 aromatic rings. The van der Waals surface area contributed by atoms with Gasteiger partial charge in [0.25, 0.3) is 11.5 Å². The molecule has 1 aliphatic heterocycles. The molecular weight excluding hydrogens is 462 g/mol. The van der Waals surface area contributed by atoms with Crippen LogP contribution in [0.5, 0.6) is 11.5 Å². The molecule has 1 amide bonds. The second-order valence-electron chi connectivity index (χ2n) is 8.17.